The molecule has 0 aliphatic rings. The summed E-state index contributed by atoms with van der Waals surface area (Å²) >= 11 is 0. The van der Waals surface area contributed by atoms with E-state index in [1.807, 2.05) is 121 Å². The lowest BCUT2D eigenvalue weighted by Gasteiger charge is -2.48. The van der Waals surface area contributed by atoms with Gasteiger partial charge in [-0.2, -0.15) is 0 Å². The molecule has 3 heteroatoms. The van der Waals surface area contributed by atoms with Crippen LogP contribution < -0.4 is 0 Å². The van der Waals surface area contributed by atoms with Crippen LogP contribution in [0, 0.1) is 0 Å². The smallest absolute Gasteiger partial charge is 0.342 e. The van der Waals surface area contributed by atoms with Gasteiger partial charge < -0.3 is 9.84 Å². The van der Waals surface area contributed by atoms with Crippen LogP contribution in [0.15, 0.2) is 121 Å². The molecular weight excluding hydrogens is 384 g/mol. The van der Waals surface area contributed by atoms with Gasteiger partial charge in [0.2, 0.25) is 5.60 Å². The van der Waals surface area contributed by atoms with E-state index in [0.29, 0.717) is 5.56 Å². The van der Waals surface area contributed by atoms with Crippen LogP contribution in [0.2, 0.25) is 0 Å². The molecule has 0 fully saturated rings. The Bertz CT molecular complexity index is 1030. The highest BCUT2D eigenvalue weighted by Crippen LogP contribution is 2.54. The summed E-state index contributed by atoms with van der Waals surface area (Å²) in [7, 11) is 1.48. The molecule has 1 atom stereocenters. The Morgan fingerprint density at radius 2 is 0.871 bits per heavy atom. The SMILES string of the molecule is COC(C(=O)O)(c1ccccc1)C(c1ccccc1)(c1ccccc1)c1ccccc1. The summed E-state index contributed by atoms with van der Waals surface area (Å²) < 4.78 is 6.11. The normalized spacial score (nSPS) is 13.3. The van der Waals surface area contributed by atoms with Crippen molar-refractivity contribution < 1.29 is 14.6 Å². The molecule has 0 bridgehead atoms. The largest absolute Gasteiger partial charge is 0.479 e. The van der Waals surface area contributed by atoms with Gasteiger partial charge in [-0.3, -0.25) is 0 Å². The highest BCUT2D eigenvalue weighted by Gasteiger charge is 2.61. The quantitative estimate of drug-likeness (QED) is 0.402. The van der Waals surface area contributed by atoms with E-state index in [-0.39, 0.29) is 0 Å². The molecule has 0 aliphatic heterocycles. The first kappa shape index (κ1) is 20.6. The summed E-state index contributed by atoms with van der Waals surface area (Å²) in [5, 5.41) is 10.9. The van der Waals surface area contributed by atoms with E-state index in [1.54, 1.807) is 0 Å². The summed E-state index contributed by atoms with van der Waals surface area (Å²) in [6, 6.07) is 38.4. The molecule has 4 rings (SSSR count). The van der Waals surface area contributed by atoms with Crippen molar-refractivity contribution in [3.63, 3.8) is 0 Å². The fourth-order valence-electron chi connectivity index (χ4n) is 4.71. The van der Waals surface area contributed by atoms with E-state index in [9.17, 15) is 9.90 Å². The van der Waals surface area contributed by atoms with Crippen LogP contribution >= 0.6 is 0 Å². The molecule has 0 heterocycles. The van der Waals surface area contributed by atoms with Crippen LogP contribution in [0.4, 0.5) is 0 Å². The maximum Gasteiger partial charge on any atom is 0.342 e. The Kier molecular flexibility index (Phi) is 5.70. The third-order valence-electron chi connectivity index (χ3n) is 5.94. The second kappa shape index (κ2) is 8.58. The molecule has 31 heavy (non-hydrogen) atoms. The Morgan fingerprint density at radius 1 is 0.581 bits per heavy atom. The zero-order valence-corrected chi connectivity index (χ0v) is 17.3. The zero-order valence-electron chi connectivity index (χ0n) is 17.3. The average Bonchev–Trinajstić information content (AvgIpc) is 2.84. The van der Waals surface area contributed by atoms with Crippen LogP contribution in [-0.4, -0.2) is 18.2 Å². The van der Waals surface area contributed by atoms with Gasteiger partial charge in [0.25, 0.3) is 0 Å². The topological polar surface area (TPSA) is 46.5 Å². The van der Waals surface area contributed by atoms with Gasteiger partial charge in [0.1, 0.15) is 0 Å². The maximum absolute atomic E-state index is 13.3. The van der Waals surface area contributed by atoms with Crippen molar-refractivity contribution in [3.8, 4) is 0 Å². The number of carboxylic acid groups (broad SMARTS) is 1. The molecule has 0 radical (unpaired) electrons. The molecule has 1 N–H and O–H groups in total. The first-order chi connectivity index (χ1) is 15.2. The van der Waals surface area contributed by atoms with Crippen molar-refractivity contribution in [2.45, 2.75) is 11.0 Å². The predicted molar refractivity (Wildman–Crippen MR) is 122 cm³/mol. The van der Waals surface area contributed by atoms with Gasteiger partial charge in [0.05, 0.1) is 5.41 Å². The van der Waals surface area contributed by atoms with Gasteiger partial charge in [-0.1, -0.05) is 121 Å². The van der Waals surface area contributed by atoms with Gasteiger partial charge in [0.15, 0.2) is 0 Å². The van der Waals surface area contributed by atoms with Gasteiger partial charge in [-0.15, -0.1) is 0 Å². The summed E-state index contributed by atoms with van der Waals surface area (Å²) in [5.74, 6) is -1.06. The van der Waals surface area contributed by atoms with Crippen LogP contribution in [0.1, 0.15) is 22.3 Å². The van der Waals surface area contributed by atoms with Gasteiger partial charge >= 0.3 is 5.97 Å². The molecule has 0 amide bonds. The number of hydrogen-bond donors (Lipinski definition) is 1. The van der Waals surface area contributed by atoms with Crippen LogP contribution in [0.5, 0.6) is 0 Å². The molecule has 1 unspecified atom stereocenters. The van der Waals surface area contributed by atoms with E-state index >= 15 is 0 Å². The summed E-state index contributed by atoms with van der Waals surface area (Å²) in [4.78, 5) is 13.3. The minimum Gasteiger partial charge on any atom is -0.479 e. The third kappa shape index (κ3) is 3.15. The number of carboxylic acids is 1. The molecule has 154 valence electrons. The summed E-state index contributed by atoms with van der Waals surface area (Å²) in [6.45, 7) is 0. The van der Waals surface area contributed by atoms with Gasteiger partial charge in [0, 0.05) is 7.11 Å². The lowest BCUT2D eigenvalue weighted by Crippen LogP contribution is -2.57. The van der Waals surface area contributed by atoms with Crippen LogP contribution in [-0.2, 0) is 20.5 Å². The van der Waals surface area contributed by atoms with Gasteiger partial charge in [-0.05, 0) is 22.3 Å². The molecule has 0 spiro atoms. The number of benzene rings is 4. The van der Waals surface area contributed by atoms with E-state index < -0.39 is 17.0 Å². The molecule has 3 nitrogen and oxygen atoms in total. The molecule has 0 saturated heterocycles. The number of rotatable bonds is 7. The molecule has 0 aromatic heterocycles. The van der Waals surface area contributed by atoms with Crippen LogP contribution in [0.25, 0.3) is 0 Å². The molecular formula is C28H24O3. The third-order valence-corrected chi connectivity index (χ3v) is 5.94. The van der Waals surface area contributed by atoms with E-state index in [0.717, 1.165) is 16.7 Å². The predicted octanol–water partition coefficient (Wildman–Crippen LogP) is 5.65. The van der Waals surface area contributed by atoms with Crippen molar-refractivity contribution in [1.29, 1.82) is 0 Å². The number of aliphatic carboxylic acids is 1. The number of methoxy groups -OCH3 is 1. The standard InChI is InChI=1S/C28H24O3/c1-31-28(26(29)30,25-20-12-5-13-21-25)27(22-14-6-2-7-15-22,23-16-8-3-9-17-23)24-18-10-4-11-19-24/h2-21H,1H3,(H,29,30). The van der Waals surface area contributed by atoms with E-state index in [2.05, 4.69) is 0 Å². The average molecular weight is 408 g/mol. The Labute approximate surface area is 182 Å². The van der Waals surface area contributed by atoms with E-state index in [1.165, 1.54) is 7.11 Å². The summed E-state index contributed by atoms with van der Waals surface area (Å²) in [5.41, 5.74) is 0.194. The first-order valence-corrected chi connectivity index (χ1v) is 10.2. The van der Waals surface area contributed by atoms with Crippen molar-refractivity contribution in [2.75, 3.05) is 7.11 Å². The van der Waals surface area contributed by atoms with Crippen LogP contribution in [0.3, 0.4) is 0 Å². The number of carbonyl (C=O) groups is 1. The highest BCUT2D eigenvalue weighted by molar-refractivity contribution is 5.85. The van der Waals surface area contributed by atoms with Crippen molar-refractivity contribution in [2.24, 2.45) is 0 Å². The molecule has 4 aromatic carbocycles. The highest BCUT2D eigenvalue weighted by atomic mass is 16.5. The molecule has 0 aliphatic carbocycles. The van der Waals surface area contributed by atoms with Crippen molar-refractivity contribution in [1.82, 2.24) is 0 Å². The zero-order chi connectivity index (χ0) is 21.7. The fraction of sp³-hybridized carbons (Fsp3) is 0.107. The first-order valence-electron chi connectivity index (χ1n) is 10.2. The Balaban J connectivity index is 2.25. The summed E-state index contributed by atoms with van der Waals surface area (Å²) in [6.07, 6.45) is 0. The van der Waals surface area contributed by atoms with Crippen molar-refractivity contribution in [3.05, 3.63) is 144 Å². The monoisotopic (exact) mass is 408 g/mol. The fourth-order valence-corrected chi connectivity index (χ4v) is 4.71. The number of ether oxygens (including phenoxy) is 1. The lowest BCUT2D eigenvalue weighted by molar-refractivity contribution is -0.170. The minimum atomic E-state index is -1.72. The van der Waals surface area contributed by atoms with Crippen molar-refractivity contribution >= 4 is 5.97 Å². The molecule has 0 saturated carbocycles. The minimum absolute atomic E-state index is 0.571. The Hall–Kier alpha value is -3.69. The Morgan fingerprint density at radius 3 is 1.13 bits per heavy atom. The number of hydrogen-bond acceptors (Lipinski definition) is 2. The van der Waals surface area contributed by atoms with E-state index in [4.69, 9.17) is 4.74 Å². The van der Waals surface area contributed by atoms with Gasteiger partial charge in [-0.25, -0.2) is 4.79 Å². The second-order valence-corrected chi connectivity index (χ2v) is 7.40. The molecule has 4 aromatic rings. The second-order valence-electron chi connectivity index (χ2n) is 7.40. The maximum atomic E-state index is 13.3. The lowest BCUT2D eigenvalue weighted by atomic mass is 9.57.